The summed E-state index contributed by atoms with van der Waals surface area (Å²) in [6.45, 7) is -0.287. The largest absolute Gasteiger partial charge is 0.466 e. The molecule has 2 amide bonds. The second kappa shape index (κ2) is 7.51. The van der Waals surface area contributed by atoms with E-state index in [1.165, 1.54) is 41.9 Å². The number of carbonyl (C=O) groups is 2. The number of nitrogens with one attached hydrogen (secondary N) is 2. The zero-order valence-corrected chi connectivity index (χ0v) is 14.3. The fraction of sp³-hybridized carbons (Fsp3) is 0.111. The Labute approximate surface area is 152 Å². The summed E-state index contributed by atoms with van der Waals surface area (Å²) >= 11 is 1.28. The summed E-state index contributed by atoms with van der Waals surface area (Å²) in [5, 5.41) is 17.3. The number of thiophene rings is 1. The van der Waals surface area contributed by atoms with Crippen LogP contribution in [-0.4, -0.2) is 23.5 Å². The molecule has 0 aliphatic heterocycles. The van der Waals surface area contributed by atoms with Crippen molar-refractivity contribution in [3.05, 3.63) is 76.6 Å². The summed E-state index contributed by atoms with van der Waals surface area (Å²) in [6.07, 6.45) is 1.40. The molecule has 1 unspecified atom stereocenters. The normalized spacial score (nSPS) is 13.0. The second-order valence-corrected chi connectivity index (χ2v) is 6.38. The van der Waals surface area contributed by atoms with E-state index >= 15 is 0 Å². The van der Waals surface area contributed by atoms with Crippen LogP contribution < -0.4 is 10.6 Å². The lowest BCUT2D eigenvalue weighted by Crippen LogP contribution is -2.44. The Kier molecular flexibility index (Phi) is 5.15. The van der Waals surface area contributed by atoms with Crippen LogP contribution in [0.1, 0.15) is 10.6 Å². The number of aliphatic hydroxyl groups is 1. The highest BCUT2D eigenvalue weighted by atomic mass is 32.1. The van der Waals surface area contributed by atoms with Gasteiger partial charge in [-0.3, -0.25) is 9.59 Å². The maximum Gasteiger partial charge on any atom is 0.313 e. The topological polar surface area (TPSA) is 91.6 Å². The van der Waals surface area contributed by atoms with E-state index in [-0.39, 0.29) is 18.0 Å². The minimum atomic E-state index is -1.62. The van der Waals surface area contributed by atoms with Crippen LogP contribution in [0.15, 0.2) is 64.6 Å². The highest BCUT2D eigenvalue weighted by Gasteiger charge is 2.36. The molecule has 0 aliphatic rings. The molecule has 0 fully saturated rings. The van der Waals surface area contributed by atoms with E-state index in [1.807, 2.05) is 0 Å². The van der Waals surface area contributed by atoms with E-state index in [9.17, 15) is 19.1 Å². The van der Waals surface area contributed by atoms with Gasteiger partial charge in [-0.05, 0) is 35.7 Å². The molecular formula is C18H15FN2O4S. The van der Waals surface area contributed by atoms with Crippen molar-refractivity contribution >= 4 is 28.8 Å². The first-order valence-corrected chi connectivity index (χ1v) is 8.53. The van der Waals surface area contributed by atoms with Gasteiger partial charge in [-0.15, -0.1) is 11.3 Å². The zero-order valence-electron chi connectivity index (χ0n) is 13.4. The molecule has 0 radical (unpaired) electrons. The van der Waals surface area contributed by atoms with Gasteiger partial charge in [-0.25, -0.2) is 4.39 Å². The lowest BCUT2D eigenvalue weighted by atomic mass is 9.98. The van der Waals surface area contributed by atoms with Gasteiger partial charge in [0.1, 0.15) is 11.6 Å². The van der Waals surface area contributed by atoms with E-state index in [1.54, 1.807) is 29.6 Å². The fourth-order valence-corrected chi connectivity index (χ4v) is 3.18. The molecule has 26 heavy (non-hydrogen) atoms. The van der Waals surface area contributed by atoms with Gasteiger partial charge >= 0.3 is 11.8 Å². The van der Waals surface area contributed by atoms with Gasteiger partial charge < -0.3 is 20.2 Å². The van der Waals surface area contributed by atoms with Crippen LogP contribution in [0.2, 0.25) is 0 Å². The molecule has 0 aliphatic carbocycles. The first kappa shape index (κ1) is 17.8. The standard InChI is InChI=1S/C18H15FN2O4S/c19-12-5-1-2-6-13(12)21-17(23)16(22)20-11-18(24,14-7-3-9-25-14)15-8-4-10-26-15/h1-10,24H,11H2,(H,20,22)(H,21,23). The minimum Gasteiger partial charge on any atom is -0.466 e. The molecule has 1 atom stereocenters. The van der Waals surface area contributed by atoms with Gasteiger partial charge in [0.2, 0.25) is 0 Å². The van der Waals surface area contributed by atoms with Gasteiger partial charge in [-0.2, -0.15) is 0 Å². The molecule has 3 rings (SSSR count). The number of hydrogen-bond acceptors (Lipinski definition) is 5. The smallest absolute Gasteiger partial charge is 0.313 e. The number of furan rings is 1. The second-order valence-electron chi connectivity index (χ2n) is 5.43. The minimum absolute atomic E-state index is 0.104. The van der Waals surface area contributed by atoms with Crippen LogP contribution in [0.3, 0.4) is 0 Å². The highest BCUT2D eigenvalue weighted by Crippen LogP contribution is 2.32. The van der Waals surface area contributed by atoms with Crippen LogP contribution in [0.4, 0.5) is 10.1 Å². The van der Waals surface area contributed by atoms with Crippen molar-refractivity contribution in [2.24, 2.45) is 0 Å². The van der Waals surface area contributed by atoms with E-state index in [0.29, 0.717) is 4.88 Å². The molecule has 0 spiro atoms. The maximum absolute atomic E-state index is 13.6. The molecule has 3 N–H and O–H groups in total. The maximum atomic E-state index is 13.6. The number of halogens is 1. The Bertz CT molecular complexity index is 860. The summed E-state index contributed by atoms with van der Waals surface area (Å²) in [5.74, 6) is -2.47. The number of para-hydroxylation sites is 1. The third kappa shape index (κ3) is 3.66. The average Bonchev–Trinajstić information content (AvgIpc) is 3.35. The predicted molar refractivity (Wildman–Crippen MR) is 94.1 cm³/mol. The number of benzene rings is 1. The third-order valence-corrected chi connectivity index (χ3v) is 4.71. The number of carbonyl (C=O) groups excluding carboxylic acids is 2. The van der Waals surface area contributed by atoms with Gasteiger partial charge in [0.15, 0.2) is 5.60 Å². The van der Waals surface area contributed by atoms with Crippen LogP contribution in [-0.2, 0) is 15.2 Å². The van der Waals surface area contributed by atoms with E-state index in [4.69, 9.17) is 4.42 Å². The summed E-state index contributed by atoms with van der Waals surface area (Å²) < 4.78 is 18.8. The summed E-state index contributed by atoms with van der Waals surface area (Å²) in [7, 11) is 0. The Morgan fingerprint density at radius 1 is 1.12 bits per heavy atom. The highest BCUT2D eigenvalue weighted by molar-refractivity contribution is 7.10. The number of amides is 2. The molecule has 2 heterocycles. The van der Waals surface area contributed by atoms with Gasteiger partial charge in [-0.1, -0.05) is 18.2 Å². The number of hydrogen-bond donors (Lipinski definition) is 3. The lowest BCUT2D eigenvalue weighted by Gasteiger charge is -2.25. The molecule has 8 heteroatoms. The van der Waals surface area contributed by atoms with Crippen LogP contribution in [0, 0.1) is 5.82 Å². The van der Waals surface area contributed by atoms with Gasteiger partial charge in [0, 0.05) is 4.88 Å². The molecule has 3 aromatic rings. The Morgan fingerprint density at radius 3 is 2.58 bits per heavy atom. The van der Waals surface area contributed by atoms with Gasteiger partial charge in [0.25, 0.3) is 0 Å². The summed E-state index contributed by atoms with van der Waals surface area (Å²) in [6, 6.07) is 12.1. The first-order valence-electron chi connectivity index (χ1n) is 7.65. The zero-order chi connectivity index (χ0) is 18.6. The average molecular weight is 374 g/mol. The first-order chi connectivity index (χ1) is 12.5. The molecule has 6 nitrogen and oxygen atoms in total. The Hall–Kier alpha value is -2.97. The molecule has 134 valence electrons. The lowest BCUT2D eigenvalue weighted by molar-refractivity contribution is -0.136. The van der Waals surface area contributed by atoms with E-state index in [2.05, 4.69) is 10.6 Å². The Balaban J connectivity index is 1.70. The predicted octanol–water partition coefficient (Wildman–Crippen LogP) is 2.47. The van der Waals surface area contributed by atoms with Crippen molar-refractivity contribution in [3.8, 4) is 0 Å². The van der Waals surface area contributed by atoms with E-state index < -0.39 is 23.2 Å². The van der Waals surface area contributed by atoms with Gasteiger partial charge in [0.05, 0.1) is 18.5 Å². The molecular weight excluding hydrogens is 359 g/mol. The Morgan fingerprint density at radius 2 is 1.92 bits per heavy atom. The van der Waals surface area contributed by atoms with Crippen LogP contribution >= 0.6 is 11.3 Å². The molecule has 0 saturated heterocycles. The van der Waals surface area contributed by atoms with Crippen molar-refractivity contribution < 1.29 is 23.5 Å². The quantitative estimate of drug-likeness (QED) is 0.599. The summed E-state index contributed by atoms with van der Waals surface area (Å²) in [4.78, 5) is 24.6. The van der Waals surface area contributed by atoms with E-state index in [0.717, 1.165) is 0 Å². The monoisotopic (exact) mass is 374 g/mol. The molecule has 0 saturated carbocycles. The SMILES string of the molecule is O=C(NCC(O)(c1ccco1)c1cccs1)C(=O)Nc1ccccc1F. The summed E-state index contributed by atoms with van der Waals surface area (Å²) in [5.41, 5.74) is -1.72. The van der Waals surface area contributed by atoms with Crippen molar-refractivity contribution in [3.63, 3.8) is 0 Å². The van der Waals surface area contributed by atoms with Crippen molar-refractivity contribution in [1.29, 1.82) is 0 Å². The molecule has 0 bridgehead atoms. The number of anilines is 1. The van der Waals surface area contributed by atoms with Crippen molar-refractivity contribution in [1.82, 2.24) is 5.32 Å². The fourth-order valence-electron chi connectivity index (χ4n) is 2.35. The number of rotatable bonds is 5. The van der Waals surface area contributed by atoms with Crippen LogP contribution in [0.5, 0.6) is 0 Å². The van der Waals surface area contributed by atoms with Crippen LogP contribution in [0.25, 0.3) is 0 Å². The molecule has 1 aromatic carbocycles. The van der Waals surface area contributed by atoms with Crippen molar-refractivity contribution in [2.75, 3.05) is 11.9 Å². The molecule has 2 aromatic heterocycles. The third-order valence-electron chi connectivity index (χ3n) is 3.69. The van der Waals surface area contributed by atoms with Crippen molar-refractivity contribution in [2.45, 2.75) is 5.60 Å².